The molecule has 1 amide bonds. The molecule has 6 nitrogen and oxygen atoms in total. The lowest BCUT2D eigenvalue weighted by Gasteiger charge is -2.14. The van der Waals surface area contributed by atoms with Crippen molar-refractivity contribution in [3.8, 4) is 11.4 Å². The molecule has 32 heavy (non-hydrogen) atoms. The minimum atomic E-state index is -0.400. The molecular formula is C22H19ClFN3O3S2. The average Bonchev–Trinajstić information content (AvgIpc) is 3.14. The summed E-state index contributed by atoms with van der Waals surface area (Å²) in [6, 6.07) is 10.6. The highest BCUT2D eigenvalue weighted by molar-refractivity contribution is 8.00. The van der Waals surface area contributed by atoms with E-state index in [0.29, 0.717) is 38.6 Å². The molecule has 0 saturated carbocycles. The Morgan fingerprint density at radius 2 is 2.09 bits per heavy atom. The zero-order valence-corrected chi connectivity index (χ0v) is 19.6. The molecule has 0 radical (unpaired) electrons. The fourth-order valence-corrected chi connectivity index (χ4v) is 5.41. The summed E-state index contributed by atoms with van der Waals surface area (Å²) in [4.78, 5) is 31.1. The number of hydrogen-bond donors (Lipinski definition) is 1. The summed E-state index contributed by atoms with van der Waals surface area (Å²) >= 11 is 8.64. The molecule has 1 atom stereocenters. The molecule has 2 heterocycles. The number of halogens is 2. The predicted octanol–water partition coefficient (Wildman–Crippen LogP) is 4.80. The highest BCUT2D eigenvalue weighted by atomic mass is 35.5. The Morgan fingerprint density at radius 1 is 1.34 bits per heavy atom. The van der Waals surface area contributed by atoms with Gasteiger partial charge in [0.05, 0.1) is 34.8 Å². The second-order valence-electron chi connectivity index (χ2n) is 7.10. The van der Waals surface area contributed by atoms with E-state index in [1.165, 1.54) is 47.7 Å². The van der Waals surface area contributed by atoms with Crippen LogP contribution in [0.1, 0.15) is 12.6 Å². The van der Waals surface area contributed by atoms with Gasteiger partial charge >= 0.3 is 0 Å². The molecular weight excluding hydrogens is 473 g/mol. The lowest BCUT2D eigenvalue weighted by Crippen LogP contribution is -2.24. The van der Waals surface area contributed by atoms with Gasteiger partial charge in [0.15, 0.2) is 5.16 Å². The quantitative estimate of drug-likeness (QED) is 0.394. The SMILES string of the molecule is COc1ccc(Cl)cc1NC(=O)CSc1nc2c(c(=O)n1-c1ccc(F)cc1)S[C@H](C)C2. The maximum absolute atomic E-state index is 13.4. The number of thioether (sulfide) groups is 2. The van der Waals surface area contributed by atoms with Crippen LogP contribution in [0.15, 0.2) is 57.3 Å². The van der Waals surface area contributed by atoms with Gasteiger partial charge in [-0.25, -0.2) is 9.37 Å². The van der Waals surface area contributed by atoms with Crippen LogP contribution < -0.4 is 15.6 Å². The van der Waals surface area contributed by atoms with Gasteiger partial charge in [-0.1, -0.05) is 30.3 Å². The Labute approximate surface area is 197 Å². The first kappa shape index (κ1) is 22.7. The van der Waals surface area contributed by atoms with Crippen molar-refractivity contribution < 1.29 is 13.9 Å². The maximum Gasteiger partial charge on any atom is 0.272 e. The second kappa shape index (κ2) is 9.56. The number of fused-ring (bicyclic) bond motifs is 1. The summed E-state index contributed by atoms with van der Waals surface area (Å²) in [5.74, 6) is -0.218. The number of amides is 1. The van der Waals surface area contributed by atoms with Gasteiger partial charge in [-0.3, -0.25) is 14.2 Å². The zero-order valence-electron chi connectivity index (χ0n) is 17.2. The molecule has 2 aromatic carbocycles. The molecule has 0 aliphatic carbocycles. The summed E-state index contributed by atoms with van der Waals surface area (Å²) in [5.41, 5.74) is 1.46. The average molecular weight is 492 g/mol. The lowest BCUT2D eigenvalue weighted by atomic mass is 10.2. The number of benzene rings is 2. The molecule has 0 spiro atoms. The molecule has 0 unspecified atom stereocenters. The van der Waals surface area contributed by atoms with Gasteiger partial charge in [0.1, 0.15) is 11.6 Å². The van der Waals surface area contributed by atoms with Gasteiger partial charge < -0.3 is 10.1 Å². The van der Waals surface area contributed by atoms with E-state index < -0.39 is 5.82 Å². The van der Waals surface area contributed by atoms with Crippen LogP contribution in [0.4, 0.5) is 10.1 Å². The summed E-state index contributed by atoms with van der Waals surface area (Å²) < 4.78 is 20.1. The predicted molar refractivity (Wildman–Crippen MR) is 126 cm³/mol. The van der Waals surface area contributed by atoms with Crippen molar-refractivity contribution in [2.24, 2.45) is 0 Å². The number of rotatable bonds is 6. The van der Waals surface area contributed by atoms with Crippen LogP contribution in [0.3, 0.4) is 0 Å². The molecule has 1 N–H and O–H groups in total. The number of hydrogen-bond acceptors (Lipinski definition) is 6. The maximum atomic E-state index is 13.4. The third-order valence-electron chi connectivity index (χ3n) is 4.73. The van der Waals surface area contributed by atoms with E-state index in [2.05, 4.69) is 10.3 Å². The monoisotopic (exact) mass is 491 g/mol. The lowest BCUT2D eigenvalue weighted by molar-refractivity contribution is -0.113. The number of aromatic nitrogens is 2. The summed E-state index contributed by atoms with van der Waals surface area (Å²) in [5, 5.41) is 3.86. The smallest absolute Gasteiger partial charge is 0.272 e. The van der Waals surface area contributed by atoms with Gasteiger partial charge in [-0.2, -0.15) is 0 Å². The highest BCUT2D eigenvalue weighted by Gasteiger charge is 2.27. The minimum absolute atomic E-state index is 0.00475. The molecule has 10 heteroatoms. The number of methoxy groups -OCH3 is 1. The van der Waals surface area contributed by atoms with E-state index in [1.807, 2.05) is 6.92 Å². The molecule has 0 saturated heterocycles. The van der Waals surface area contributed by atoms with Crippen LogP contribution in [-0.2, 0) is 11.2 Å². The van der Waals surface area contributed by atoms with Gasteiger partial charge in [0, 0.05) is 16.7 Å². The number of nitrogens with one attached hydrogen (secondary N) is 1. The Morgan fingerprint density at radius 3 is 2.81 bits per heavy atom. The molecule has 1 aliphatic rings. The van der Waals surface area contributed by atoms with E-state index in [-0.39, 0.29) is 22.5 Å². The second-order valence-corrected chi connectivity index (χ2v) is 9.93. The van der Waals surface area contributed by atoms with E-state index >= 15 is 0 Å². The first-order valence-corrected chi connectivity index (χ1v) is 11.9. The molecule has 0 fully saturated rings. The number of anilines is 1. The minimum Gasteiger partial charge on any atom is -0.495 e. The van der Waals surface area contributed by atoms with Crippen LogP contribution in [0.5, 0.6) is 5.75 Å². The first-order valence-electron chi connectivity index (χ1n) is 9.70. The van der Waals surface area contributed by atoms with Gasteiger partial charge in [-0.05, 0) is 42.5 Å². The van der Waals surface area contributed by atoms with Gasteiger partial charge in [-0.15, -0.1) is 11.8 Å². The van der Waals surface area contributed by atoms with Crippen molar-refractivity contribution in [3.05, 3.63) is 69.4 Å². The highest BCUT2D eigenvalue weighted by Crippen LogP contribution is 2.35. The van der Waals surface area contributed by atoms with Crippen molar-refractivity contribution in [3.63, 3.8) is 0 Å². The third-order valence-corrected chi connectivity index (χ3v) is 7.12. The zero-order chi connectivity index (χ0) is 22.8. The van der Waals surface area contributed by atoms with Crippen molar-refractivity contribution in [2.45, 2.75) is 28.6 Å². The summed E-state index contributed by atoms with van der Waals surface area (Å²) in [7, 11) is 1.50. The van der Waals surface area contributed by atoms with Crippen molar-refractivity contribution in [2.75, 3.05) is 18.2 Å². The Kier molecular flexibility index (Phi) is 6.78. The molecule has 1 aliphatic heterocycles. The Hall–Kier alpha value is -2.49. The molecule has 166 valence electrons. The molecule has 1 aromatic heterocycles. The van der Waals surface area contributed by atoms with Crippen LogP contribution in [0.25, 0.3) is 5.69 Å². The molecule has 0 bridgehead atoms. The number of carbonyl (C=O) groups is 1. The largest absolute Gasteiger partial charge is 0.495 e. The Balaban J connectivity index is 1.62. The number of nitrogens with zero attached hydrogens (tertiary/aromatic N) is 2. The van der Waals surface area contributed by atoms with Crippen molar-refractivity contribution in [1.82, 2.24) is 9.55 Å². The van der Waals surface area contributed by atoms with Crippen LogP contribution >= 0.6 is 35.1 Å². The van der Waals surface area contributed by atoms with Crippen molar-refractivity contribution in [1.29, 1.82) is 0 Å². The number of ether oxygens (including phenoxy) is 1. The normalized spacial score (nSPS) is 14.8. The topological polar surface area (TPSA) is 73.2 Å². The number of carbonyl (C=O) groups excluding carboxylic acids is 1. The van der Waals surface area contributed by atoms with Crippen molar-refractivity contribution >= 4 is 46.7 Å². The summed E-state index contributed by atoms with van der Waals surface area (Å²) in [6.07, 6.45) is 0.680. The standard InChI is InChI=1S/C22H19ClFN3O3S2/c1-12-9-17-20(32-12)21(29)27(15-6-4-14(24)5-7-15)22(26-17)31-11-19(28)25-16-10-13(23)3-8-18(16)30-2/h3-8,10,12H,9,11H2,1-2H3,(H,25,28)/t12-/m1/s1. The van der Waals surface area contributed by atoms with Crippen LogP contribution in [0.2, 0.25) is 5.02 Å². The fourth-order valence-electron chi connectivity index (χ4n) is 3.31. The fraction of sp³-hybridized carbons (Fsp3) is 0.227. The van der Waals surface area contributed by atoms with E-state index in [0.717, 1.165) is 17.5 Å². The van der Waals surface area contributed by atoms with Gasteiger partial charge in [0.25, 0.3) is 5.56 Å². The summed E-state index contributed by atoms with van der Waals surface area (Å²) in [6.45, 7) is 2.03. The van der Waals surface area contributed by atoms with E-state index in [1.54, 1.807) is 18.2 Å². The van der Waals surface area contributed by atoms with Gasteiger partial charge in [0.2, 0.25) is 5.91 Å². The molecule has 4 rings (SSSR count). The van der Waals surface area contributed by atoms with Crippen LogP contribution in [-0.4, -0.2) is 33.6 Å². The van der Waals surface area contributed by atoms with E-state index in [9.17, 15) is 14.0 Å². The van der Waals surface area contributed by atoms with Crippen LogP contribution in [0, 0.1) is 5.82 Å². The Bertz CT molecular complexity index is 1230. The third kappa shape index (κ3) is 4.79. The first-order chi connectivity index (χ1) is 15.4. The van der Waals surface area contributed by atoms with E-state index in [4.69, 9.17) is 16.3 Å². The molecule has 3 aromatic rings.